The maximum atomic E-state index is 12.9. The maximum absolute atomic E-state index is 12.9. The normalized spacial score (nSPS) is 11.4. The second kappa shape index (κ2) is 10.2. The first-order valence-corrected chi connectivity index (χ1v) is 11.9. The predicted octanol–water partition coefficient (Wildman–Crippen LogP) is 5.12. The second-order valence-electron chi connectivity index (χ2n) is 7.24. The smallest absolute Gasteiger partial charge is 0.255 e. The summed E-state index contributed by atoms with van der Waals surface area (Å²) in [5.41, 5.74) is 2.46. The highest BCUT2D eigenvalue weighted by Gasteiger charge is 2.22. The molecule has 6 nitrogen and oxygen atoms in total. The summed E-state index contributed by atoms with van der Waals surface area (Å²) in [4.78, 5) is 13.1. The molecule has 0 aliphatic heterocycles. The third kappa shape index (κ3) is 5.48. The monoisotopic (exact) mass is 472 g/mol. The van der Waals surface area contributed by atoms with Crippen LogP contribution in [0.1, 0.15) is 28.4 Å². The number of anilines is 1. The van der Waals surface area contributed by atoms with Gasteiger partial charge in [-0.05, 0) is 61.9 Å². The molecule has 3 rings (SSSR count). The quantitative estimate of drug-likeness (QED) is 0.493. The van der Waals surface area contributed by atoms with Crippen LogP contribution in [0.15, 0.2) is 71.6 Å². The number of hydrogen-bond acceptors (Lipinski definition) is 4. The Balaban J connectivity index is 1.89. The highest BCUT2D eigenvalue weighted by molar-refractivity contribution is 7.89. The molecule has 0 aromatic heterocycles. The zero-order chi connectivity index (χ0) is 23.3. The summed E-state index contributed by atoms with van der Waals surface area (Å²) in [5, 5.41) is 3.38. The minimum absolute atomic E-state index is 0.0455. The van der Waals surface area contributed by atoms with Gasteiger partial charge in [0.15, 0.2) is 0 Å². The van der Waals surface area contributed by atoms with Crippen LogP contribution in [0.5, 0.6) is 5.75 Å². The van der Waals surface area contributed by atoms with E-state index in [0.29, 0.717) is 34.2 Å². The van der Waals surface area contributed by atoms with Crippen molar-refractivity contribution in [3.05, 3.63) is 88.4 Å². The van der Waals surface area contributed by atoms with Crippen LogP contribution >= 0.6 is 11.6 Å². The molecule has 0 saturated heterocycles. The average molecular weight is 473 g/mol. The van der Waals surface area contributed by atoms with E-state index in [1.807, 2.05) is 19.9 Å². The molecular formula is C24H25ClN2O4S. The third-order valence-electron chi connectivity index (χ3n) is 4.91. The van der Waals surface area contributed by atoms with Crippen LogP contribution in [0.2, 0.25) is 5.02 Å². The molecule has 0 atom stereocenters. The summed E-state index contributed by atoms with van der Waals surface area (Å²) >= 11 is 6.05. The van der Waals surface area contributed by atoms with Gasteiger partial charge in [0.05, 0.1) is 11.5 Å². The number of sulfonamides is 1. The van der Waals surface area contributed by atoms with Crippen LogP contribution in [0.25, 0.3) is 0 Å². The molecule has 8 heteroatoms. The Bertz CT molecular complexity index is 1210. The van der Waals surface area contributed by atoms with Gasteiger partial charge in [-0.2, -0.15) is 4.31 Å². The molecule has 1 N–H and O–H groups in total. The lowest BCUT2D eigenvalue weighted by Crippen LogP contribution is -2.27. The lowest BCUT2D eigenvalue weighted by atomic mass is 10.1. The van der Waals surface area contributed by atoms with E-state index in [2.05, 4.69) is 5.32 Å². The Hall–Kier alpha value is -2.87. The number of halogens is 1. The van der Waals surface area contributed by atoms with E-state index < -0.39 is 10.0 Å². The van der Waals surface area contributed by atoms with Gasteiger partial charge < -0.3 is 10.1 Å². The van der Waals surface area contributed by atoms with Crippen molar-refractivity contribution >= 4 is 33.2 Å². The topological polar surface area (TPSA) is 75.7 Å². The zero-order valence-electron chi connectivity index (χ0n) is 18.1. The van der Waals surface area contributed by atoms with E-state index in [-0.39, 0.29) is 17.3 Å². The van der Waals surface area contributed by atoms with E-state index in [1.165, 1.54) is 11.4 Å². The van der Waals surface area contributed by atoms with Crippen molar-refractivity contribution in [2.24, 2.45) is 0 Å². The van der Waals surface area contributed by atoms with E-state index in [1.54, 1.807) is 60.7 Å². The van der Waals surface area contributed by atoms with Gasteiger partial charge in [0.25, 0.3) is 5.91 Å². The summed E-state index contributed by atoms with van der Waals surface area (Å²) in [6.07, 6.45) is 0. The number of nitrogens with zero attached hydrogens (tertiary/aromatic N) is 1. The number of hydrogen-bond donors (Lipinski definition) is 1. The van der Waals surface area contributed by atoms with Crippen LogP contribution < -0.4 is 10.1 Å². The van der Waals surface area contributed by atoms with Gasteiger partial charge in [-0.25, -0.2) is 8.42 Å². The van der Waals surface area contributed by atoms with Crippen molar-refractivity contribution < 1.29 is 17.9 Å². The number of amides is 1. The third-order valence-corrected chi connectivity index (χ3v) is 6.97. The van der Waals surface area contributed by atoms with Crippen LogP contribution in [0, 0.1) is 6.92 Å². The van der Waals surface area contributed by atoms with Gasteiger partial charge in [0.1, 0.15) is 5.75 Å². The minimum Gasteiger partial charge on any atom is -0.494 e. The Kier molecular flexibility index (Phi) is 7.56. The molecule has 0 radical (unpaired) electrons. The first kappa shape index (κ1) is 23.8. The largest absolute Gasteiger partial charge is 0.494 e. The summed E-state index contributed by atoms with van der Waals surface area (Å²) in [6.45, 7) is 4.18. The Morgan fingerprint density at radius 1 is 1.06 bits per heavy atom. The number of benzene rings is 3. The molecule has 1 amide bonds. The van der Waals surface area contributed by atoms with Crippen molar-refractivity contribution in [2.45, 2.75) is 25.3 Å². The second-order valence-corrected chi connectivity index (χ2v) is 9.72. The molecule has 168 valence electrons. The summed E-state index contributed by atoms with van der Waals surface area (Å²) in [6, 6.07) is 18.5. The van der Waals surface area contributed by atoms with Crippen molar-refractivity contribution in [3.8, 4) is 5.75 Å². The fraction of sp³-hybridized carbons (Fsp3) is 0.208. The van der Waals surface area contributed by atoms with Crippen molar-refractivity contribution in [2.75, 3.05) is 19.0 Å². The van der Waals surface area contributed by atoms with Crippen LogP contribution in [0.3, 0.4) is 0 Å². The zero-order valence-corrected chi connectivity index (χ0v) is 19.7. The van der Waals surface area contributed by atoms with E-state index in [0.717, 1.165) is 5.56 Å². The van der Waals surface area contributed by atoms with E-state index >= 15 is 0 Å². The molecule has 0 unspecified atom stereocenters. The fourth-order valence-electron chi connectivity index (χ4n) is 3.16. The average Bonchev–Trinajstić information content (AvgIpc) is 2.78. The standard InChI is InChI=1S/C24H25ClN2O4S/c1-4-31-23-13-11-18(24(28)26-22-15-20(25)12-10-17(22)2)14-19(23)16-27(3)32(29,30)21-8-6-5-7-9-21/h5-15H,4,16H2,1-3H3,(H,26,28). The van der Waals surface area contributed by atoms with Crippen molar-refractivity contribution in [3.63, 3.8) is 0 Å². The maximum Gasteiger partial charge on any atom is 0.255 e. The summed E-state index contributed by atoms with van der Waals surface area (Å²) < 4.78 is 32.8. The minimum atomic E-state index is -3.70. The molecule has 0 heterocycles. The highest BCUT2D eigenvalue weighted by atomic mass is 35.5. The summed E-state index contributed by atoms with van der Waals surface area (Å²) in [7, 11) is -2.20. The van der Waals surface area contributed by atoms with Crippen molar-refractivity contribution in [1.82, 2.24) is 4.31 Å². The number of aryl methyl sites for hydroxylation is 1. The molecule has 0 aliphatic rings. The molecule has 3 aromatic carbocycles. The van der Waals surface area contributed by atoms with Gasteiger partial charge >= 0.3 is 0 Å². The number of carbonyl (C=O) groups excluding carboxylic acids is 1. The van der Waals surface area contributed by atoms with Crippen LogP contribution in [0.4, 0.5) is 5.69 Å². The molecule has 32 heavy (non-hydrogen) atoms. The molecular weight excluding hydrogens is 448 g/mol. The number of carbonyl (C=O) groups is 1. The predicted molar refractivity (Wildman–Crippen MR) is 127 cm³/mol. The van der Waals surface area contributed by atoms with Gasteiger partial charge in [0, 0.05) is 35.4 Å². The van der Waals surface area contributed by atoms with E-state index in [4.69, 9.17) is 16.3 Å². The molecule has 0 saturated carbocycles. The molecule has 3 aromatic rings. The number of nitrogens with one attached hydrogen (secondary N) is 1. The molecule has 0 bridgehead atoms. The molecule has 0 aliphatic carbocycles. The van der Waals surface area contributed by atoms with Crippen molar-refractivity contribution in [1.29, 1.82) is 0 Å². The van der Waals surface area contributed by atoms with Crippen LogP contribution in [-0.4, -0.2) is 32.3 Å². The van der Waals surface area contributed by atoms with Crippen LogP contribution in [-0.2, 0) is 16.6 Å². The first-order valence-electron chi connectivity index (χ1n) is 10.1. The molecule has 0 fully saturated rings. The van der Waals surface area contributed by atoms with Gasteiger partial charge in [-0.1, -0.05) is 35.9 Å². The van der Waals surface area contributed by atoms with Gasteiger partial charge in [-0.3, -0.25) is 4.79 Å². The molecule has 0 spiro atoms. The fourth-order valence-corrected chi connectivity index (χ4v) is 4.50. The van der Waals surface area contributed by atoms with E-state index in [9.17, 15) is 13.2 Å². The highest BCUT2D eigenvalue weighted by Crippen LogP contribution is 2.26. The first-order chi connectivity index (χ1) is 15.2. The Morgan fingerprint density at radius 3 is 2.47 bits per heavy atom. The Labute approximate surface area is 193 Å². The van der Waals surface area contributed by atoms with Gasteiger partial charge in [0.2, 0.25) is 10.0 Å². The van der Waals surface area contributed by atoms with Gasteiger partial charge in [-0.15, -0.1) is 0 Å². The SMILES string of the molecule is CCOc1ccc(C(=O)Nc2cc(Cl)ccc2C)cc1CN(C)S(=O)(=O)c1ccccc1. The number of ether oxygens (including phenoxy) is 1. The Morgan fingerprint density at radius 2 is 1.78 bits per heavy atom. The lowest BCUT2D eigenvalue weighted by molar-refractivity contribution is 0.102. The summed E-state index contributed by atoms with van der Waals surface area (Å²) in [5.74, 6) is 0.200. The number of rotatable bonds is 8. The lowest BCUT2D eigenvalue weighted by Gasteiger charge is -2.20.